The van der Waals surface area contributed by atoms with Crippen LogP contribution >= 0.6 is 7.75 Å². The van der Waals surface area contributed by atoms with Gasteiger partial charge in [0.05, 0.1) is 25.8 Å². The van der Waals surface area contributed by atoms with Gasteiger partial charge >= 0.3 is 13.6 Å². The maximum Gasteiger partial charge on any atom is 0.564 e. The van der Waals surface area contributed by atoms with Gasteiger partial charge in [-0.25, -0.2) is 4.57 Å². The zero-order valence-electron chi connectivity index (χ0n) is 22.7. The van der Waals surface area contributed by atoms with Crippen LogP contribution in [0, 0.1) is 16.0 Å². The van der Waals surface area contributed by atoms with E-state index < -0.39 is 12.7 Å². The molecule has 216 valence electrons. The first-order chi connectivity index (χ1) is 20.3. The van der Waals surface area contributed by atoms with E-state index in [4.69, 9.17) is 18.2 Å². The SMILES string of the molecule is COc1cc2c(cc1O)C/C(=N/P(=O)(Oc1ccccc1)Oc1ccccc1)N(Cc1ccc([N+](=O)[O-])o1)C2C1CC1. The van der Waals surface area contributed by atoms with E-state index >= 15 is 0 Å². The monoisotopic (exact) mass is 589 g/mol. The summed E-state index contributed by atoms with van der Waals surface area (Å²) in [7, 11) is -2.75. The van der Waals surface area contributed by atoms with Gasteiger partial charge in [0.25, 0.3) is 0 Å². The highest BCUT2D eigenvalue weighted by molar-refractivity contribution is 7.53. The number of aromatic hydroxyl groups is 1. The lowest BCUT2D eigenvalue weighted by atomic mass is 9.88. The lowest BCUT2D eigenvalue weighted by Gasteiger charge is -2.40. The molecule has 0 amide bonds. The number of hydrogen-bond donors (Lipinski definition) is 1. The third kappa shape index (κ3) is 5.82. The van der Waals surface area contributed by atoms with E-state index in [1.807, 2.05) is 23.1 Å². The van der Waals surface area contributed by atoms with E-state index in [-0.39, 0.29) is 36.6 Å². The van der Waals surface area contributed by atoms with Crippen LogP contribution in [0.2, 0.25) is 0 Å². The predicted octanol–water partition coefficient (Wildman–Crippen LogP) is 7.08. The molecule has 2 aliphatic rings. The summed E-state index contributed by atoms with van der Waals surface area (Å²) in [6.07, 6.45) is 2.06. The van der Waals surface area contributed by atoms with Gasteiger partial charge in [-0.2, -0.15) is 0 Å². The highest BCUT2D eigenvalue weighted by Gasteiger charge is 2.44. The molecule has 1 fully saturated rings. The second-order valence-electron chi connectivity index (χ2n) is 10.1. The fraction of sp³-hybridized carbons (Fsp3) is 0.233. The Kier molecular flexibility index (Phi) is 7.34. The summed E-state index contributed by atoms with van der Waals surface area (Å²) in [5.41, 5.74) is 1.71. The summed E-state index contributed by atoms with van der Waals surface area (Å²) < 4.78 is 41.9. The Hall–Kier alpha value is -4.76. The zero-order chi connectivity index (χ0) is 29.3. The van der Waals surface area contributed by atoms with Crippen molar-refractivity contribution in [1.82, 2.24) is 4.90 Å². The third-order valence-corrected chi connectivity index (χ3v) is 8.52. The number of fused-ring (bicyclic) bond motifs is 1. The summed E-state index contributed by atoms with van der Waals surface area (Å²) in [5.74, 6) is 1.50. The molecule has 42 heavy (non-hydrogen) atoms. The number of furan rings is 1. The predicted molar refractivity (Wildman–Crippen MR) is 154 cm³/mol. The first-order valence-electron chi connectivity index (χ1n) is 13.4. The second-order valence-corrected chi connectivity index (χ2v) is 11.6. The number of phenols is 1. The number of rotatable bonds is 10. The number of para-hydroxylation sites is 2. The number of phenolic OH excluding ortho intramolecular Hbond substituents is 1. The van der Waals surface area contributed by atoms with Gasteiger partial charge in [-0.05, 0) is 72.4 Å². The molecule has 4 aromatic rings. The number of ether oxygens (including phenoxy) is 1. The number of methoxy groups -OCH3 is 1. The average molecular weight is 590 g/mol. The van der Waals surface area contributed by atoms with E-state index in [1.165, 1.54) is 13.2 Å². The highest BCUT2D eigenvalue weighted by atomic mass is 31.2. The molecule has 1 aromatic heterocycles. The molecule has 0 saturated heterocycles. The minimum absolute atomic E-state index is 0.0236. The molecule has 0 spiro atoms. The van der Waals surface area contributed by atoms with Crippen LogP contribution in [0.4, 0.5) is 5.88 Å². The summed E-state index contributed by atoms with van der Waals surface area (Å²) in [4.78, 5) is 12.7. The van der Waals surface area contributed by atoms with Crippen molar-refractivity contribution in [3.63, 3.8) is 0 Å². The van der Waals surface area contributed by atoms with Gasteiger partial charge in [-0.3, -0.25) is 10.1 Å². The summed E-state index contributed by atoms with van der Waals surface area (Å²) in [5, 5.41) is 21.9. The van der Waals surface area contributed by atoms with Crippen LogP contribution in [0.5, 0.6) is 23.0 Å². The van der Waals surface area contributed by atoms with Crippen molar-refractivity contribution in [2.45, 2.75) is 31.8 Å². The molecule has 1 saturated carbocycles. The van der Waals surface area contributed by atoms with Crippen molar-refractivity contribution in [1.29, 1.82) is 0 Å². The van der Waals surface area contributed by atoms with Gasteiger partial charge < -0.3 is 28.2 Å². The fourth-order valence-corrected chi connectivity index (χ4v) is 6.53. The van der Waals surface area contributed by atoms with E-state index in [2.05, 4.69) is 4.76 Å². The van der Waals surface area contributed by atoms with Crippen LogP contribution in [-0.2, 0) is 17.5 Å². The van der Waals surface area contributed by atoms with Crippen LogP contribution in [0.1, 0.15) is 35.8 Å². The van der Waals surface area contributed by atoms with Crippen LogP contribution in [-0.4, -0.2) is 27.9 Å². The van der Waals surface area contributed by atoms with Crippen molar-refractivity contribution < 1.29 is 32.8 Å². The molecule has 1 atom stereocenters. The van der Waals surface area contributed by atoms with Crippen LogP contribution < -0.4 is 13.8 Å². The molecule has 1 aliphatic carbocycles. The smallest absolute Gasteiger partial charge is 0.504 e. The van der Waals surface area contributed by atoms with Gasteiger partial charge in [0, 0.05) is 6.42 Å². The Bertz CT molecular complexity index is 1630. The second kappa shape index (κ2) is 11.3. The number of amidine groups is 1. The molecule has 0 bridgehead atoms. The molecule has 11 nitrogen and oxygen atoms in total. The highest BCUT2D eigenvalue weighted by Crippen LogP contribution is 2.54. The molecule has 0 radical (unpaired) electrons. The largest absolute Gasteiger partial charge is 0.564 e. The molecule has 1 N–H and O–H groups in total. The number of nitrogens with zero attached hydrogens (tertiary/aromatic N) is 3. The number of benzene rings is 3. The molecule has 12 heteroatoms. The lowest BCUT2D eigenvalue weighted by Crippen LogP contribution is -2.41. The topological polar surface area (TPSA) is 137 Å². The van der Waals surface area contributed by atoms with Crippen LogP contribution in [0.3, 0.4) is 0 Å². The zero-order valence-corrected chi connectivity index (χ0v) is 23.6. The summed E-state index contributed by atoms with van der Waals surface area (Å²) in [6.45, 7) is 0.118. The molecule has 6 rings (SSSR count). The van der Waals surface area contributed by atoms with E-state index in [9.17, 15) is 19.8 Å². The normalized spacial score (nSPS) is 17.5. The van der Waals surface area contributed by atoms with E-state index in [0.717, 1.165) is 24.0 Å². The van der Waals surface area contributed by atoms with Crippen LogP contribution in [0.15, 0.2) is 94.1 Å². The number of nitro groups is 1. The standard InChI is InChI=1S/C30H28N3O8P/c1-38-27-18-25-21(16-26(27)34)17-28(32(30(25)20-12-13-20)19-24-14-15-29(39-24)33(35)36)31-42(37,40-22-8-4-2-5-9-22)41-23-10-6-3-7-11-23/h2-11,14-16,18,20,30,34H,12-13,17,19H2,1H3/b31-28-. The van der Waals surface area contributed by atoms with Crippen LogP contribution in [0.25, 0.3) is 0 Å². The number of hydrogen-bond acceptors (Lipinski definition) is 8. The van der Waals surface area contributed by atoms with Crippen molar-refractivity contribution in [3.8, 4) is 23.0 Å². The summed E-state index contributed by atoms with van der Waals surface area (Å²) in [6, 6.07) is 23.3. The van der Waals surface area contributed by atoms with Gasteiger partial charge in [-0.15, -0.1) is 4.76 Å². The average Bonchev–Trinajstić information content (AvgIpc) is 3.70. The Balaban J connectivity index is 1.48. The van der Waals surface area contributed by atoms with E-state index in [1.54, 1.807) is 60.7 Å². The van der Waals surface area contributed by atoms with E-state index in [0.29, 0.717) is 28.8 Å². The first kappa shape index (κ1) is 27.4. The van der Waals surface area contributed by atoms with Gasteiger partial charge in [0.15, 0.2) is 11.5 Å². The van der Waals surface area contributed by atoms with Gasteiger partial charge in [0.2, 0.25) is 0 Å². The Morgan fingerprint density at radius 1 is 1.02 bits per heavy atom. The maximum absolute atomic E-state index is 14.4. The first-order valence-corrected chi connectivity index (χ1v) is 14.9. The molecule has 3 aromatic carbocycles. The lowest BCUT2D eigenvalue weighted by molar-refractivity contribution is -0.402. The Labute approximate surface area is 241 Å². The van der Waals surface area contributed by atoms with Crippen molar-refractivity contribution >= 4 is 19.5 Å². The minimum atomic E-state index is -4.24. The third-order valence-electron chi connectivity index (χ3n) is 7.16. The Morgan fingerprint density at radius 3 is 2.21 bits per heavy atom. The maximum atomic E-state index is 14.4. The molecule has 1 unspecified atom stereocenters. The molecular weight excluding hydrogens is 561 g/mol. The quantitative estimate of drug-likeness (QED) is 0.117. The molecular formula is C30H28N3O8P. The molecule has 1 aliphatic heterocycles. The van der Waals surface area contributed by atoms with Gasteiger partial charge in [0.1, 0.15) is 28.0 Å². The minimum Gasteiger partial charge on any atom is -0.504 e. The summed E-state index contributed by atoms with van der Waals surface area (Å²) >= 11 is 0. The fourth-order valence-electron chi connectivity index (χ4n) is 5.17. The molecule has 2 heterocycles. The van der Waals surface area contributed by atoms with Crippen molar-refractivity contribution in [3.05, 3.63) is 112 Å². The van der Waals surface area contributed by atoms with Crippen molar-refractivity contribution in [2.24, 2.45) is 10.7 Å². The Morgan fingerprint density at radius 2 is 1.67 bits per heavy atom. The van der Waals surface area contributed by atoms with Gasteiger partial charge in [-0.1, -0.05) is 36.4 Å². The van der Waals surface area contributed by atoms with Crippen molar-refractivity contribution in [2.75, 3.05) is 7.11 Å².